The molecule has 1 aromatic rings. The maximum Gasteiger partial charge on any atom is 0.238 e. The number of nitrogens with two attached hydrogens (primary N) is 1. The molecule has 2 atom stereocenters. The molecule has 102 valence electrons. The minimum absolute atomic E-state index is 0.0385. The van der Waals surface area contributed by atoms with Crippen LogP contribution in [-0.4, -0.2) is 26.2 Å². The monoisotopic (exact) mass is 272 g/mol. The molecular weight excluding hydrogens is 252 g/mol. The molecule has 1 unspecified atom stereocenters. The van der Waals surface area contributed by atoms with Gasteiger partial charge in [0, 0.05) is 12.1 Å². The van der Waals surface area contributed by atoms with Gasteiger partial charge in [-0.05, 0) is 31.0 Å². The summed E-state index contributed by atoms with van der Waals surface area (Å²) in [5.41, 5.74) is 0.953. The van der Waals surface area contributed by atoms with Crippen molar-refractivity contribution in [1.82, 2.24) is 5.32 Å². The molecule has 0 aliphatic rings. The average Bonchev–Trinajstić information content (AvgIpc) is 2.34. The molecule has 1 aromatic carbocycles. The predicted molar refractivity (Wildman–Crippen MR) is 70.5 cm³/mol. The van der Waals surface area contributed by atoms with Crippen molar-refractivity contribution in [2.24, 2.45) is 5.14 Å². The van der Waals surface area contributed by atoms with Crippen molar-refractivity contribution < 1.29 is 13.5 Å². The number of nitrogens with one attached hydrogen (secondary N) is 1. The molecule has 0 aliphatic heterocycles. The Balaban J connectivity index is 2.79. The van der Waals surface area contributed by atoms with Crippen LogP contribution in [0.3, 0.4) is 0 Å². The highest BCUT2D eigenvalue weighted by molar-refractivity contribution is 7.89. The van der Waals surface area contributed by atoms with Gasteiger partial charge < -0.3 is 10.4 Å². The van der Waals surface area contributed by atoms with E-state index in [2.05, 4.69) is 5.32 Å². The van der Waals surface area contributed by atoms with E-state index in [1.54, 1.807) is 12.1 Å². The fourth-order valence-corrected chi connectivity index (χ4v) is 2.21. The third kappa shape index (κ3) is 4.06. The lowest BCUT2D eigenvalue weighted by Crippen LogP contribution is -2.33. The molecule has 18 heavy (non-hydrogen) atoms. The first kappa shape index (κ1) is 15.1. The Bertz CT molecular complexity index is 467. The number of aliphatic hydroxyl groups excluding tert-OH is 1. The summed E-state index contributed by atoms with van der Waals surface area (Å²) in [7, 11) is -3.64. The summed E-state index contributed by atoms with van der Waals surface area (Å²) in [6, 6.07) is 6.50. The molecule has 5 nitrogen and oxygen atoms in total. The van der Waals surface area contributed by atoms with Crippen LogP contribution in [0.25, 0.3) is 0 Å². The van der Waals surface area contributed by atoms with Gasteiger partial charge in [-0.25, -0.2) is 13.6 Å². The van der Waals surface area contributed by atoms with Crippen LogP contribution in [0.15, 0.2) is 29.2 Å². The van der Waals surface area contributed by atoms with Gasteiger partial charge in [-0.1, -0.05) is 19.1 Å². The summed E-state index contributed by atoms with van der Waals surface area (Å²) in [5.74, 6) is 0. The van der Waals surface area contributed by atoms with E-state index in [4.69, 9.17) is 10.2 Å². The molecule has 0 saturated carbocycles. The lowest BCUT2D eigenvalue weighted by molar-refractivity contribution is 0.230. The third-order valence-corrected chi connectivity index (χ3v) is 3.84. The molecule has 0 radical (unpaired) electrons. The van der Waals surface area contributed by atoms with E-state index in [9.17, 15) is 8.42 Å². The number of sulfonamides is 1. The molecule has 0 heterocycles. The van der Waals surface area contributed by atoms with Gasteiger partial charge >= 0.3 is 0 Å². The van der Waals surface area contributed by atoms with Crippen molar-refractivity contribution in [3.8, 4) is 0 Å². The Morgan fingerprint density at radius 3 is 2.28 bits per heavy atom. The molecular formula is C12H20N2O3S. The lowest BCUT2D eigenvalue weighted by Gasteiger charge is -2.20. The minimum atomic E-state index is -3.64. The SMILES string of the molecule is CC[C@H](CO)NC(C)c1ccc(S(N)(=O)=O)cc1. The predicted octanol–water partition coefficient (Wildman–Crippen LogP) is 0.756. The van der Waals surface area contributed by atoms with Crippen LogP contribution in [0, 0.1) is 0 Å². The number of hydrogen-bond acceptors (Lipinski definition) is 4. The Kier molecular flexibility index (Phi) is 5.28. The first-order valence-electron chi connectivity index (χ1n) is 5.88. The highest BCUT2D eigenvalue weighted by Crippen LogP contribution is 2.16. The molecule has 1 rings (SSSR count). The van der Waals surface area contributed by atoms with Crippen molar-refractivity contribution in [3.05, 3.63) is 29.8 Å². The molecule has 0 fully saturated rings. The van der Waals surface area contributed by atoms with Gasteiger partial charge in [-0.3, -0.25) is 0 Å². The van der Waals surface area contributed by atoms with Crippen LogP contribution < -0.4 is 10.5 Å². The number of benzene rings is 1. The zero-order valence-electron chi connectivity index (χ0n) is 10.6. The summed E-state index contributed by atoms with van der Waals surface area (Å²) >= 11 is 0. The van der Waals surface area contributed by atoms with Crippen LogP contribution in [0.1, 0.15) is 31.9 Å². The average molecular weight is 272 g/mol. The summed E-state index contributed by atoms with van der Waals surface area (Å²) in [6.45, 7) is 4.03. The number of aliphatic hydroxyl groups is 1. The van der Waals surface area contributed by atoms with Crippen molar-refractivity contribution in [2.45, 2.75) is 37.2 Å². The molecule has 0 aliphatic carbocycles. The highest BCUT2D eigenvalue weighted by atomic mass is 32.2. The van der Waals surface area contributed by atoms with E-state index in [1.807, 2.05) is 13.8 Å². The number of primary sulfonamides is 1. The summed E-state index contributed by atoms with van der Waals surface area (Å²) in [5, 5.41) is 17.4. The largest absolute Gasteiger partial charge is 0.395 e. The number of hydrogen-bond donors (Lipinski definition) is 3. The van der Waals surface area contributed by atoms with E-state index >= 15 is 0 Å². The second kappa shape index (κ2) is 6.29. The van der Waals surface area contributed by atoms with Gasteiger partial charge in [-0.2, -0.15) is 0 Å². The van der Waals surface area contributed by atoms with E-state index in [0.29, 0.717) is 0 Å². The van der Waals surface area contributed by atoms with Gasteiger partial charge in [0.1, 0.15) is 0 Å². The van der Waals surface area contributed by atoms with Crippen LogP contribution in [0.4, 0.5) is 0 Å². The summed E-state index contributed by atoms with van der Waals surface area (Å²) in [4.78, 5) is 0.104. The molecule has 0 aromatic heterocycles. The second-order valence-corrected chi connectivity index (χ2v) is 5.85. The number of rotatable bonds is 6. The Morgan fingerprint density at radius 1 is 1.33 bits per heavy atom. The zero-order valence-corrected chi connectivity index (χ0v) is 11.4. The maximum atomic E-state index is 11.1. The van der Waals surface area contributed by atoms with Crippen LogP contribution in [0.5, 0.6) is 0 Å². The highest BCUT2D eigenvalue weighted by Gasteiger charge is 2.12. The van der Waals surface area contributed by atoms with Crippen molar-refractivity contribution in [1.29, 1.82) is 0 Å². The molecule has 4 N–H and O–H groups in total. The maximum absolute atomic E-state index is 11.1. The first-order chi connectivity index (χ1) is 8.38. The molecule has 0 spiro atoms. The minimum Gasteiger partial charge on any atom is -0.395 e. The zero-order chi connectivity index (χ0) is 13.8. The Morgan fingerprint density at radius 2 is 1.89 bits per heavy atom. The topological polar surface area (TPSA) is 92.4 Å². The van der Waals surface area contributed by atoms with Crippen molar-refractivity contribution in [2.75, 3.05) is 6.61 Å². The van der Waals surface area contributed by atoms with Gasteiger partial charge in [0.05, 0.1) is 11.5 Å². The van der Waals surface area contributed by atoms with Gasteiger partial charge in [0.2, 0.25) is 10.0 Å². The van der Waals surface area contributed by atoms with E-state index in [0.717, 1.165) is 12.0 Å². The fraction of sp³-hybridized carbons (Fsp3) is 0.500. The van der Waals surface area contributed by atoms with Crippen LogP contribution in [-0.2, 0) is 10.0 Å². The van der Waals surface area contributed by atoms with E-state index in [-0.39, 0.29) is 23.6 Å². The summed E-state index contributed by atoms with van der Waals surface area (Å²) in [6.07, 6.45) is 0.829. The quantitative estimate of drug-likeness (QED) is 0.712. The molecule has 6 heteroatoms. The van der Waals surface area contributed by atoms with E-state index < -0.39 is 10.0 Å². The lowest BCUT2D eigenvalue weighted by atomic mass is 10.1. The van der Waals surface area contributed by atoms with E-state index in [1.165, 1.54) is 12.1 Å². The Labute approximate surface area is 108 Å². The Hall–Kier alpha value is -0.950. The second-order valence-electron chi connectivity index (χ2n) is 4.29. The van der Waals surface area contributed by atoms with Crippen molar-refractivity contribution >= 4 is 10.0 Å². The summed E-state index contributed by atoms with van der Waals surface area (Å²) < 4.78 is 22.2. The van der Waals surface area contributed by atoms with Gasteiger partial charge in [0.25, 0.3) is 0 Å². The van der Waals surface area contributed by atoms with Gasteiger partial charge in [-0.15, -0.1) is 0 Å². The fourth-order valence-electron chi connectivity index (χ4n) is 1.70. The van der Waals surface area contributed by atoms with Crippen LogP contribution in [0.2, 0.25) is 0 Å². The van der Waals surface area contributed by atoms with Gasteiger partial charge in [0.15, 0.2) is 0 Å². The molecule has 0 amide bonds. The first-order valence-corrected chi connectivity index (χ1v) is 7.42. The van der Waals surface area contributed by atoms with Crippen molar-refractivity contribution in [3.63, 3.8) is 0 Å². The third-order valence-electron chi connectivity index (χ3n) is 2.91. The standard InChI is InChI=1S/C12H20N2O3S/c1-3-11(8-15)14-9(2)10-4-6-12(7-5-10)18(13,16)17/h4-7,9,11,14-15H,3,8H2,1-2H3,(H2,13,16,17)/t9?,11-/m1/s1. The smallest absolute Gasteiger partial charge is 0.238 e. The van der Waals surface area contributed by atoms with Crippen LogP contribution >= 0.6 is 0 Å². The normalized spacial score (nSPS) is 15.3. The molecule has 0 bridgehead atoms. The molecule has 0 saturated heterocycles.